The highest BCUT2D eigenvalue weighted by Gasteiger charge is 2.17. The van der Waals surface area contributed by atoms with Gasteiger partial charge in [-0.15, -0.1) is 0 Å². The summed E-state index contributed by atoms with van der Waals surface area (Å²) in [5.41, 5.74) is 0. The molecule has 1 aliphatic heterocycles. The zero-order chi connectivity index (χ0) is 12.7. The lowest BCUT2D eigenvalue weighted by Gasteiger charge is -2.13. The fraction of sp³-hybridized carbons (Fsp3) is 0.833. The molecule has 1 aliphatic rings. The van der Waals surface area contributed by atoms with E-state index in [1.165, 1.54) is 0 Å². The molecule has 5 nitrogen and oxygen atoms in total. The third-order valence-corrected chi connectivity index (χ3v) is 3.09. The smallest absolute Gasteiger partial charge is 0.303 e. The second kappa shape index (κ2) is 7.27. The van der Waals surface area contributed by atoms with E-state index in [1.807, 2.05) is 6.92 Å². The first-order valence-corrected chi connectivity index (χ1v) is 6.30. The van der Waals surface area contributed by atoms with Crippen molar-refractivity contribution in [2.24, 2.45) is 5.92 Å². The van der Waals surface area contributed by atoms with Crippen LogP contribution in [0.15, 0.2) is 0 Å². The van der Waals surface area contributed by atoms with Crippen molar-refractivity contribution >= 4 is 11.9 Å². The van der Waals surface area contributed by atoms with Gasteiger partial charge < -0.3 is 15.7 Å². The number of amides is 1. The molecule has 0 aliphatic carbocycles. The van der Waals surface area contributed by atoms with Crippen LogP contribution in [0, 0.1) is 5.92 Å². The van der Waals surface area contributed by atoms with Gasteiger partial charge in [-0.25, -0.2) is 0 Å². The number of carboxylic acids is 1. The third-order valence-electron chi connectivity index (χ3n) is 3.09. The molecular formula is C12H22N2O3. The number of carbonyl (C=O) groups excluding carboxylic acids is 1. The van der Waals surface area contributed by atoms with Gasteiger partial charge in [-0.05, 0) is 31.7 Å². The van der Waals surface area contributed by atoms with Gasteiger partial charge in [-0.2, -0.15) is 0 Å². The summed E-state index contributed by atoms with van der Waals surface area (Å²) in [6, 6.07) is 0.323. The Hall–Kier alpha value is -1.10. The fourth-order valence-electron chi connectivity index (χ4n) is 1.99. The molecule has 17 heavy (non-hydrogen) atoms. The van der Waals surface area contributed by atoms with E-state index >= 15 is 0 Å². The van der Waals surface area contributed by atoms with Gasteiger partial charge in [0.15, 0.2) is 0 Å². The molecule has 5 heteroatoms. The molecule has 1 heterocycles. The maximum atomic E-state index is 11.6. The molecule has 2 unspecified atom stereocenters. The van der Waals surface area contributed by atoms with Crippen molar-refractivity contribution < 1.29 is 14.7 Å². The summed E-state index contributed by atoms with van der Waals surface area (Å²) < 4.78 is 0. The monoisotopic (exact) mass is 242 g/mol. The fourth-order valence-corrected chi connectivity index (χ4v) is 1.99. The third kappa shape index (κ3) is 6.26. The van der Waals surface area contributed by atoms with Crippen LogP contribution in [0.4, 0.5) is 0 Å². The molecule has 1 rings (SSSR count). The number of hydrogen-bond donors (Lipinski definition) is 3. The van der Waals surface area contributed by atoms with E-state index in [4.69, 9.17) is 5.11 Å². The number of hydrogen-bond acceptors (Lipinski definition) is 3. The van der Waals surface area contributed by atoms with Gasteiger partial charge in [0.1, 0.15) is 0 Å². The average molecular weight is 242 g/mol. The summed E-state index contributed by atoms with van der Waals surface area (Å²) in [6.07, 6.45) is 3.53. The lowest BCUT2D eigenvalue weighted by atomic mass is 10.1. The Kier molecular flexibility index (Phi) is 5.97. The molecule has 1 fully saturated rings. The first-order chi connectivity index (χ1) is 8.08. The van der Waals surface area contributed by atoms with Crippen LogP contribution < -0.4 is 10.6 Å². The van der Waals surface area contributed by atoms with Gasteiger partial charge in [-0.3, -0.25) is 9.59 Å². The second-order valence-corrected chi connectivity index (χ2v) is 4.84. The zero-order valence-corrected chi connectivity index (χ0v) is 10.4. The highest BCUT2D eigenvalue weighted by molar-refractivity contribution is 5.76. The summed E-state index contributed by atoms with van der Waals surface area (Å²) in [7, 11) is 0. The second-order valence-electron chi connectivity index (χ2n) is 4.84. The summed E-state index contributed by atoms with van der Waals surface area (Å²) >= 11 is 0. The van der Waals surface area contributed by atoms with Gasteiger partial charge in [0, 0.05) is 25.4 Å². The lowest BCUT2D eigenvalue weighted by molar-refractivity contribution is -0.137. The van der Waals surface area contributed by atoms with E-state index in [0.29, 0.717) is 25.4 Å². The van der Waals surface area contributed by atoms with Crippen LogP contribution in [0.1, 0.15) is 39.0 Å². The van der Waals surface area contributed by atoms with Crippen LogP contribution in [-0.4, -0.2) is 36.1 Å². The van der Waals surface area contributed by atoms with Crippen LogP contribution in [0.2, 0.25) is 0 Å². The maximum Gasteiger partial charge on any atom is 0.303 e. The average Bonchev–Trinajstić information content (AvgIpc) is 2.76. The predicted octanol–water partition coefficient (Wildman–Crippen LogP) is 0.746. The van der Waals surface area contributed by atoms with Gasteiger partial charge in [0.05, 0.1) is 0 Å². The van der Waals surface area contributed by atoms with Gasteiger partial charge in [0.25, 0.3) is 0 Å². The first kappa shape index (κ1) is 14.0. The lowest BCUT2D eigenvalue weighted by Crippen LogP contribution is -2.34. The largest absolute Gasteiger partial charge is 0.481 e. The minimum atomic E-state index is -0.779. The minimum absolute atomic E-state index is 0.0616. The Morgan fingerprint density at radius 3 is 2.88 bits per heavy atom. The van der Waals surface area contributed by atoms with Gasteiger partial charge in [0.2, 0.25) is 5.91 Å². The molecule has 0 aromatic heterocycles. The normalized spacial score (nSPS) is 21.1. The van der Waals surface area contributed by atoms with Crippen molar-refractivity contribution in [1.82, 2.24) is 10.6 Å². The SMILES string of the molecule is CC(CCC(=O)O)CNC(=O)CC1CCCN1. The van der Waals surface area contributed by atoms with Crippen molar-refractivity contribution in [2.45, 2.75) is 45.1 Å². The molecule has 0 aromatic carbocycles. The van der Waals surface area contributed by atoms with Crippen LogP contribution >= 0.6 is 0 Å². The molecule has 0 aromatic rings. The molecule has 98 valence electrons. The molecule has 3 N–H and O–H groups in total. The highest BCUT2D eigenvalue weighted by Crippen LogP contribution is 2.09. The molecule has 0 bridgehead atoms. The molecule has 2 atom stereocenters. The Morgan fingerprint density at radius 2 is 2.29 bits per heavy atom. The van der Waals surface area contributed by atoms with E-state index in [9.17, 15) is 9.59 Å². The van der Waals surface area contributed by atoms with Crippen LogP contribution in [0.3, 0.4) is 0 Å². The van der Waals surface area contributed by atoms with Crippen molar-refractivity contribution in [2.75, 3.05) is 13.1 Å². The Morgan fingerprint density at radius 1 is 1.53 bits per heavy atom. The van der Waals surface area contributed by atoms with Gasteiger partial charge >= 0.3 is 5.97 Å². The quantitative estimate of drug-likeness (QED) is 0.615. The summed E-state index contributed by atoms with van der Waals surface area (Å²) in [5, 5.41) is 14.7. The van der Waals surface area contributed by atoms with E-state index < -0.39 is 5.97 Å². The van der Waals surface area contributed by atoms with Crippen molar-refractivity contribution in [3.05, 3.63) is 0 Å². The van der Waals surface area contributed by atoms with Crippen molar-refractivity contribution in [1.29, 1.82) is 0 Å². The summed E-state index contributed by atoms with van der Waals surface area (Å²) in [4.78, 5) is 22.0. The number of carboxylic acid groups (broad SMARTS) is 1. The van der Waals surface area contributed by atoms with E-state index in [1.54, 1.807) is 0 Å². The summed E-state index contributed by atoms with van der Waals surface area (Å²) in [6.45, 7) is 3.53. The van der Waals surface area contributed by atoms with Crippen LogP contribution in [0.25, 0.3) is 0 Å². The van der Waals surface area contributed by atoms with Gasteiger partial charge in [-0.1, -0.05) is 6.92 Å². The standard InChI is InChI=1S/C12H22N2O3/c1-9(4-5-12(16)17)8-14-11(15)7-10-3-2-6-13-10/h9-10,13H,2-8H2,1H3,(H,14,15)(H,16,17). The van der Waals surface area contributed by atoms with E-state index in [0.717, 1.165) is 19.4 Å². The topological polar surface area (TPSA) is 78.4 Å². The van der Waals surface area contributed by atoms with Crippen LogP contribution in [0.5, 0.6) is 0 Å². The van der Waals surface area contributed by atoms with Crippen LogP contribution in [-0.2, 0) is 9.59 Å². The minimum Gasteiger partial charge on any atom is -0.481 e. The highest BCUT2D eigenvalue weighted by atomic mass is 16.4. The number of nitrogens with one attached hydrogen (secondary N) is 2. The molecule has 1 amide bonds. The first-order valence-electron chi connectivity index (χ1n) is 6.30. The number of rotatable bonds is 7. The Bertz CT molecular complexity index is 262. The van der Waals surface area contributed by atoms with E-state index in [2.05, 4.69) is 10.6 Å². The maximum absolute atomic E-state index is 11.6. The molecule has 0 radical (unpaired) electrons. The molecule has 1 saturated heterocycles. The molecular weight excluding hydrogens is 220 g/mol. The zero-order valence-electron chi connectivity index (χ0n) is 10.4. The summed E-state index contributed by atoms with van der Waals surface area (Å²) in [5.74, 6) is -0.503. The number of carbonyl (C=O) groups is 2. The van der Waals surface area contributed by atoms with Crippen molar-refractivity contribution in [3.63, 3.8) is 0 Å². The Labute approximate surface area is 102 Å². The molecule has 0 spiro atoms. The van der Waals surface area contributed by atoms with E-state index in [-0.39, 0.29) is 18.2 Å². The van der Waals surface area contributed by atoms with Crippen molar-refractivity contribution in [3.8, 4) is 0 Å². The Balaban J connectivity index is 2.07. The predicted molar refractivity (Wildman–Crippen MR) is 64.7 cm³/mol. The molecule has 0 saturated carbocycles. The number of aliphatic carboxylic acids is 1.